The first kappa shape index (κ1) is 42.5. The number of hydrogen-bond acceptors (Lipinski definition) is 5. The standard InChI is InChI=1S/C58H43FN5O.Pt/c1-58(2,3)41-32-33-60-57(34-41)64-53-23-13-11-21-50(53)51-31-30-47(38-56(51)64)65-48-36-45(35-46(37-48)63(43-16-6-4-7-17-43)44-18-8-5-9-19-44)61-39-62(55-25-15-14-24-54(55)61)52-22-12-10-20-49(52)40-26-28-42(59)29-27-40;/h4-35,37,39H,1-3H3;/q-3;. The van der Waals surface area contributed by atoms with Gasteiger partial charge in [0.2, 0.25) is 0 Å². The fraction of sp³-hybridized carbons (Fsp3) is 0.0690. The van der Waals surface area contributed by atoms with Gasteiger partial charge in [-0.25, -0.2) is 9.37 Å². The van der Waals surface area contributed by atoms with Crippen molar-refractivity contribution in [2.24, 2.45) is 0 Å². The average molecular weight is 1040 g/mol. The van der Waals surface area contributed by atoms with Gasteiger partial charge in [-0.1, -0.05) is 135 Å². The molecule has 0 amide bonds. The average Bonchev–Trinajstić information content (AvgIpc) is 3.88. The van der Waals surface area contributed by atoms with Crippen LogP contribution in [0, 0.1) is 24.6 Å². The molecule has 6 nitrogen and oxygen atoms in total. The Balaban J connectivity index is 0.00000511. The van der Waals surface area contributed by atoms with E-state index in [0.29, 0.717) is 11.5 Å². The Hall–Kier alpha value is -7.47. The minimum Gasteiger partial charge on any atom is -0.509 e. The van der Waals surface area contributed by atoms with E-state index in [2.05, 4.69) is 180 Å². The first-order valence-electron chi connectivity index (χ1n) is 21.7. The summed E-state index contributed by atoms with van der Waals surface area (Å²) in [5.74, 6) is 1.60. The summed E-state index contributed by atoms with van der Waals surface area (Å²) in [7, 11) is 0. The van der Waals surface area contributed by atoms with E-state index in [0.717, 1.165) is 78.6 Å². The second kappa shape index (κ2) is 17.5. The van der Waals surface area contributed by atoms with Gasteiger partial charge in [-0.05, 0) is 94.7 Å². The molecule has 0 saturated heterocycles. The molecule has 0 unspecified atom stereocenters. The second-order valence-electron chi connectivity index (χ2n) is 17.2. The molecule has 0 radical (unpaired) electrons. The molecule has 0 bridgehead atoms. The molecule has 0 fully saturated rings. The summed E-state index contributed by atoms with van der Waals surface area (Å²) in [5.41, 5.74) is 11.5. The van der Waals surface area contributed by atoms with Crippen LogP contribution in [0.2, 0.25) is 0 Å². The fourth-order valence-electron chi connectivity index (χ4n) is 8.78. The van der Waals surface area contributed by atoms with E-state index in [-0.39, 0.29) is 32.3 Å². The van der Waals surface area contributed by atoms with Crippen LogP contribution in [0.3, 0.4) is 0 Å². The molecule has 2 aromatic heterocycles. The van der Waals surface area contributed by atoms with Crippen LogP contribution in [0.4, 0.5) is 44.2 Å². The van der Waals surface area contributed by atoms with Crippen molar-refractivity contribution in [2.45, 2.75) is 26.2 Å². The maximum atomic E-state index is 14.1. The molecule has 1 aliphatic heterocycles. The van der Waals surface area contributed by atoms with Crippen LogP contribution < -0.4 is 19.4 Å². The zero-order valence-electron chi connectivity index (χ0n) is 36.5. The van der Waals surface area contributed by atoms with Crippen LogP contribution in [0.15, 0.2) is 200 Å². The summed E-state index contributed by atoms with van der Waals surface area (Å²) in [5, 5.41) is 2.16. The number of nitrogens with zero attached hydrogens (tertiary/aromatic N) is 5. The SMILES string of the molecule is CC(C)(C)c1ccnc(-n2c3[c-]c(Oc4[c-]c(N5[CH-]N(c6ccccc6-c6ccc(F)cc6)c6ccccc65)cc(N(c5ccccc5)c5ccccc5)c4)ccc3c3ccccc32)c1.[Pt]. The molecule has 11 rings (SSSR count). The second-order valence-corrected chi connectivity index (χ2v) is 17.2. The molecule has 0 spiro atoms. The van der Waals surface area contributed by atoms with Crippen molar-refractivity contribution in [3.05, 3.63) is 231 Å². The number of halogens is 1. The number of para-hydroxylation sites is 6. The third kappa shape index (κ3) is 7.90. The van der Waals surface area contributed by atoms with Crippen LogP contribution in [-0.4, -0.2) is 9.55 Å². The van der Waals surface area contributed by atoms with Crippen LogP contribution in [0.1, 0.15) is 26.3 Å². The third-order valence-electron chi connectivity index (χ3n) is 11.9. The Morgan fingerprint density at radius 3 is 1.92 bits per heavy atom. The zero-order valence-corrected chi connectivity index (χ0v) is 38.7. The van der Waals surface area contributed by atoms with E-state index in [9.17, 15) is 4.39 Å². The monoisotopic (exact) mass is 1040 g/mol. The number of rotatable bonds is 9. The van der Waals surface area contributed by atoms with Crippen molar-refractivity contribution in [1.82, 2.24) is 9.55 Å². The van der Waals surface area contributed by atoms with Crippen molar-refractivity contribution in [1.29, 1.82) is 0 Å². The predicted octanol–water partition coefficient (Wildman–Crippen LogP) is 15.6. The van der Waals surface area contributed by atoms with Gasteiger partial charge in [0.15, 0.2) is 0 Å². The minimum absolute atomic E-state index is 0. The normalized spacial score (nSPS) is 12.3. The largest absolute Gasteiger partial charge is 0.509 e. The molecule has 0 aliphatic carbocycles. The van der Waals surface area contributed by atoms with Gasteiger partial charge >= 0.3 is 0 Å². The van der Waals surface area contributed by atoms with Gasteiger partial charge in [-0.15, -0.1) is 42.4 Å². The molecule has 8 heteroatoms. The molecule has 0 N–H and O–H groups in total. The van der Waals surface area contributed by atoms with Crippen molar-refractivity contribution in [3.8, 4) is 28.4 Å². The van der Waals surface area contributed by atoms with Gasteiger partial charge in [0.1, 0.15) is 11.6 Å². The maximum absolute atomic E-state index is 14.1. The number of benzene rings is 8. The zero-order chi connectivity index (χ0) is 44.1. The molecular weight excluding hydrogens is 997 g/mol. The number of aromatic nitrogens is 2. The number of hydrogen-bond donors (Lipinski definition) is 0. The number of fused-ring (bicyclic) bond motifs is 4. The van der Waals surface area contributed by atoms with Crippen molar-refractivity contribution in [3.63, 3.8) is 0 Å². The van der Waals surface area contributed by atoms with Crippen LogP contribution in [0.5, 0.6) is 11.5 Å². The Kier molecular flexibility index (Phi) is 11.3. The summed E-state index contributed by atoms with van der Waals surface area (Å²) in [4.78, 5) is 11.5. The van der Waals surface area contributed by atoms with E-state index < -0.39 is 0 Å². The smallest absolute Gasteiger partial charge is 0.135 e. The van der Waals surface area contributed by atoms with Crippen molar-refractivity contribution in [2.75, 3.05) is 14.7 Å². The molecule has 10 aromatic rings. The summed E-state index contributed by atoms with van der Waals surface area (Å²) < 4.78 is 23.2. The minimum atomic E-state index is -0.272. The van der Waals surface area contributed by atoms with Gasteiger partial charge in [0.05, 0.1) is 0 Å². The number of pyridine rings is 1. The molecule has 1 aliphatic rings. The quantitative estimate of drug-likeness (QED) is 0.135. The Bertz CT molecular complexity index is 3310. The molecule has 0 saturated carbocycles. The first-order chi connectivity index (χ1) is 31.8. The van der Waals surface area contributed by atoms with Gasteiger partial charge in [0, 0.05) is 78.3 Å². The molecule has 66 heavy (non-hydrogen) atoms. The van der Waals surface area contributed by atoms with E-state index in [1.807, 2.05) is 66.9 Å². The molecule has 0 atom stereocenters. The van der Waals surface area contributed by atoms with E-state index >= 15 is 0 Å². The van der Waals surface area contributed by atoms with Crippen molar-refractivity contribution >= 4 is 61.6 Å². The Morgan fingerprint density at radius 1 is 0.576 bits per heavy atom. The number of ether oxygens (including phenoxy) is 1. The first-order valence-corrected chi connectivity index (χ1v) is 21.7. The summed E-state index contributed by atoms with van der Waals surface area (Å²) >= 11 is 0. The maximum Gasteiger partial charge on any atom is 0.135 e. The van der Waals surface area contributed by atoms with E-state index in [1.54, 1.807) is 0 Å². The number of anilines is 7. The predicted molar refractivity (Wildman–Crippen MR) is 263 cm³/mol. The Labute approximate surface area is 399 Å². The van der Waals surface area contributed by atoms with Gasteiger partial charge in [0.25, 0.3) is 0 Å². The van der Waals surface area contributed by atoms with Crippen LogP contribution >= 0.6 is 0 Å². The van der Waals surface area contributed by atoms with Gasteiger partial charge in [-0.2, -0.15) is 6.07 Å². The Morgan fingerprint density at radius 2 is 1.21 bits per heavy atom. The molecule has 8 aromatic carbocycles. The summed E-state index contributed by atoms with van der Waals surface area (Å²) in [6.07, 6.45) is 1.89. The van der Waals surface area contributed by atoms with Gasteiger partial charge < -0.3 is 24.0 Å². The topological polar surface area (TPSA) is 36.8 Å². The molecule has 3 heterocycles. The van der Waals surface area contributed by atoms with Crippen LogP contribution in [0.25, 0.3) is 38.8 Å². The summed E-state index contributed by atoms with van der Waals surface area (Å²) in [6, 6.07) is 72.2. The molecular formula is C58H43FN5OPt-3. The third-order valence-corrected chi connectivity index (χ3v) is 11.9. The summed E-state index contributed by atoms with van der Waals surface area (Å²) in [6.45, 7) is 8.74. The fourth-order valence-corrected chi connectivity index (χ4v) is 8.78. The van der Waals surface area contributed by atoms with Gasteiger partial charge in [-0.3, -0.25) is 0 Å². The van der Waals surface area contributed by atoms with Crippen LogP contribution in [-0.2, 0) is 26.5 Å². The van der Waals surface area contributed by atoms with E-state index in [1.165, 1.54) is 17.7 Å². The van der Waals surface area contributed by atoms with E-state index in [4.69, 9.17) is 9.72 Å². The molecule has 326 valence electrons. The van der Waals surface area contributed by atoms with Crippen molar-refractivity contribution < 1.29 is 30.2 Å².